The van der Waals surface area contributed by atoms with E-state index in [2.05, 4.69) is 52.8 Å². The SMILES string of the molecule is CC[C@@H](C)[C@H](CC(=O)[C@H]1NC(=O)[C@H]([C@@H](C)CC)NC(=O)[C@@H]2C[C@@H]3CCCC[C@@H]3N2C(=O)[C@@H]2CCCN2C(=O)[C@H](CC(C)C)NC(=O)[C@H](CO)NC(=O)[C@H](CCCN=C(N)N)CC(=O)[C@H](CO)NC(=O)[C@@H](NC(=O)[C@@H](NC(=O)[C@H](C)NC)[C@@H](C)CC)CSSC1(C)C)C(=O)N1CCC[C@H]1C(=O)N[C@@H](CC(=O)CCc1ccccc1)C(N)=O. The zero-order valence-corrected chi connectivity index (χ0v) is 71.3. The van der Waals surface area contributed by atoms with Crippen molar-refractivity contribution in [3.05, 3.63) is 35.9 Å². The molecule has 6 rings (SSSR count). The van der Waals surface area contributed by atoms with E-state index < -0.39 is 234 Å². The average Bonchev–Trinajstić information content (AvgIpc) is 1.64. The van der Waals surface area contributed by atoms with Crippen LogP contribution in [-0.2, 0) is 78.3 Å². The lowest BCUT2D eigenvalue weighted by Crippen LogP contribution is -2.62. The lowest BCUT2D eigenvalue weighted by atomic mass is 9.83. The van der Waals surface area contributed by atoms with E-state index in [-0.39, 0.29) is 88.2 Å². The molecule has 648 valence electrons. The molecule has 0 bridgehead atoms. The van der Waals surface area contributed by atoms with Gasteiger partial charge in [0.25, 0.3) is 0 Å². The van der Waals surface area contributed by atoms with Gasteiger partial charge in [-0.1, -0.05) is 139 Å². The molecule has 17 N–H and O–H groups in total. The molecule has 33 nitrogen and oxygen atoms in total. The van der Waals surface area contributed by atoms with Gasteiger partial charge in [-0.3, -0.25) is 76.9 Å². The van der Waals surface area contributed by atoms with Gasteiger partial charge in [-0.2, -0.15) is 0 Å². The van der Waals surface area contributed by atoms with E-state index in [1.165, 1.54) is 9.80 Å². The second-order valence-corrected chi connectivity index (χ2v) is 36.1. The Kier molecular flexibility index (Phi) is 38.4. The number of aliphatic imine (C=N–C) groups is 1. The molecule has 1 aromatic carbocycles. The van der Waals surface area contributed by atoms with Crippen molar-refractivity contribution in [3.8, 4) is 0 Å². The Labute approximate surface area is 690 Å². The second kappa shape index (κ2) is 46.2. The normalized spacial score (nSPS) is 26.8. The first-order chi connectivity index (χ1) is 54.9. The number of primary amides is 1. The number of hydrogen-bond donors (Lipinski definition) is 14. The van der Waals surface area contributed by atoms with Crippen molar-refractivity contribution in [1.29, 1.82) is 0 Å². The van der Waals surface area contributed by atoms with E-state index in [0.717, 1.165) is 40.0 Å². The number of amides is 12. The molecule has 4 aliphatic heterocycles. The van der Waals surface area contributed by atoms with E-state index in [9.17, 15) is 48.6 Å². The van der Waals surface area contributed by atoms with Crippen molar-refractivity contribution in [2.45, 2.75) is 288 Å². The minimum absolute atomic E-state index is 0.0278. The quantitative estimate of drug-likeness (QED) is 0.0215. The minimum atomic E-state index is -1.77. The summed E-state index contributed by atoms with van der Waals surface area (Å²) in [4.78, 5) is 230. The highest BCUT2D eigenvalue weighted by Gasteiger charge is 2.53. The van der Waals surface area contributed by atoms with Crippen molar-refractivity contribution in [2.75, 3.05) is 45.6 Å². The third-order valence-electron chi connectivity index (χ3n) is 23.7. The number of rotatable bonds is 31. The Morgan fingerprint density at radius 1 is 0.690 bits per heavy atom. The van der Waals surface area contributed by atoms with Gasteiger partial charge in [-0.15, -0.1) is 0 Å². The van der Waals surface area contributed by atoms with Crippen molar-refractivity contribution in [1.82, 2.24) is 62.6 Å². The number of aliphatic hydroxyl groups is 2. The van der Waals surface area contributed by atoms with Crippen LogP contribution in [0, 0.1) is 41.4 Å². The van der Waals surface area contributed by atoms with E-state index in [1.807, 2.05) is 51.1 Å². The molecule has 1 aliphatic carbocycles. The molecule has 35 heteroatoms. The van der Waals surface area contributed by atoms with Crippen molar-refractivity contribution < 1.29 is 82.1 Å². The number of carbonyl (C=O) groups excluding carboxylic acids is 15. The summed E-state index contributed by atoms with van der Waals surface area (Å²) in [5, 5.41) is 46.6. The summed E-state index contributed by atoms with van der Waals surface area (Å²) in [5.41, 5.74) is 17.9. The number of aryl methyl sites for hydroxylation is 1. The van der Waals surface area contributed by atoms with Crippen LogP contribution in [0.1, 0.15) is 204 Å². The number of benzene rings is 1. The fourth-order valence-corrected chi connectivity index (χ4v) is 18.8. The molecule has 0 aromatic heterocycles. The number of nitrogens with two attached hydrogens (primary N) is 3. The number of hydrogen-bond acceptors (Lipinski definition) is 21. The number of aliphatic hydroxyl groups excluding tert-OH is 2. The van der Waals surface area contributed by atoms with Gasteiger partial charge >= 0.3 is 0 Å². The Balaban J connectivity index is 1.47. The minimum Gasteiger partial charge on any atom is -0.394 e. The molecule has 12 amide bonds. The molecule has 0 unspecified atom stereocenters. The van der Waals surface area contributed by atoms with Crippen LogP contribution in [0.25, 0.3) is 0 Å². The first-order valence-electron chi connectivity index (χ1n) is 41.5. The van der Waals surface area contributed by atoms with Gasteiger partial charge in [0.2, 0.25) is 70.9 Å². The summed E-state index contributed by atoms with van der Waals surface area (Å²) in [6, 6.07) is -7.41. The van der Waals surface area contributed by atoms with Crippen LogP contribution in [0.4, 0.5) is 0 Å². The summed E-state index contributed by atoms with van der Waals surface area (Å²) < 4.78 is -1.50. The molecule has 116 heavy (non-hydrogen) atoms. The first kappa shape index (κ1) is 96.6. The van der Waals surface area contributed by atoms with Crippen LogP contribution < -0.4 is 65.1 Å². The van der Waals surface area contributed by atoms with Gasteiger partial charge in [-0.25, -0.2) is 0 Å². The summed E-state index contributed by atoms with van der Waals surface area (Å²) in [6.07, 6.45) is 3.93. The Hall–Kier alpha value is -8.28. The number of likely N-dealkylation sites (tertiary alicyclic amines) is 1. The Morgan fingerprint density at radius 2 is 1.34 bits per heavy atom. The number of guanidine groups is 1. The highest BCUT2D eigenvalue weighted by atomic mass is 33.1. The van der Waals surface area contributed by atoms with E-state index in [0.29, 0.717) is 51.4 Å². The van der Waals surface area contributed by atoms with Crippen LogP contribution in [-0.4, -0.2) is 248 Å². The number of ketones is 3. The Morgan fingerprint density at radius 3 is 1.97 bits per heavy atom. The van der Waals surface area contributed by atoms with Crippen LogP contribution in [0.15, 0.2) is 35.3 Å². The van der Waals surface area contributed by atoms with Crippen molar-refractivity contribution >= 4 is 116 Å². The zero-order chi connectivity index (χ0) is 86.0. The number of nitrogens with one attached hydrogen (secondary N) is 9. The highest BCUT2D eigenvalue weighted by molar-refractivity contribution is 8.77. The van der Waals surface area contributed by atoms with Crippen LogP contribution >= 0.6 is 21.6 Å². The molecule has 1 saturated carbocycles. The smallest absolute Gasteiger partial charge is 0.246 e. The average molecular weight is 1660 g/mol. The first-order valence-corrected chi connectivity index (χ1v) is 43.8. The molecule has 0 radical (unpaired) electrons. The molecular weight excluding hydrogens is 1530 g/mol. The summed E-state index contributed by atoms with van der Waals surface area (Å²) in [5.74, 6) is -16.4. The predicted octanol–water partition coefficient (Wildman–Crippen LogP) is 1.24. The number of carbonyl (C=O) groups is 15. The molecule has 5 fully saturated rings. The number of nitrogens with zero attached hydrogens (tertiary/aromatic N) is 4. The van der Waals surface area contributed by atoms with Crippen LogP contribution in [0.5, 0.6) is 0 Å². The molecule has 4 heterocycles. The van der Waals surface area contributed by atoms with Gasteiger partial charge < -0.3 is 90.0 Å². The second-order valence-electron chi connectivity index (χ2n) is 33.1. The van der Waals surface area contributed by atoms with E-state index in [4.69, 9.17) is 17.2 Å². The van der Waals surface area contributed by atoms with Gasteiger partial charge in [-0.05, 0) is 134 Å². The molecule has 19 atom stereocenters. The van der Waals surface area contributed by atoms with E-state index in [1.54, 1.807) is 67.3 Å². The molecule has 0 spiro atoms. The molecule has 5 aliphatic rings. The summed E-state index contributed by atoms with van der Waals surface area (Å²) in [7, 11) is 3.48. The molecular formula is C81H130N16O17S2. The van der Waals surface area contributed by atoms with Crippen molar-refractivity contribution in [2.24, 2.45) is 63.6 Å². The lowest BCUT2D eigenvalue weighted by molar-refractivity contribution is -0.150. The maximum Gasteiger partial charge on any atom is 0.246 e. The Bertz CT molecular complexity index is 3630. The van der Waals surface area contributed by atoms with Crippen molar-refractivity contribution in [3.63, 3.8) is 0 Å². The number of fused-ring (bicyclic) bond motifs is 4. The van der Waals surface area contributed by atoms with Crippen LogP contribution in [0.2, 0.25) is 0 Å². The number of Topliss-reactive ketones (excluding diaryl/α,β-unsaturated/α-hetero) is 3. The standard InChI is InChI=1S/C81H130N16O17S2/c1-13-45(6)53(77(112)95-34-22-29-60(95)73(108)87-54(68(82)103)39-52(100)32-31-49-24-17-16-18-25-49)40-64(102)67-81(10,11)116-115-43-58(91-75(110)65(46(7)14-2)92-69(104)48(9)85-12)72(107)89-56(41-98)63(101)38-51(27-21-33-86-80(83)84)70(105)90-57(42-99)71(106)88-55(36-44(4)5)78(113)96-35-23-30-61(96)79(114)97-59-28-20-19-26-50(59)37-62(97)74(109)93-66(47(8)15-3)76(111)94-67/h16-18,24-25,44-48,50-51,53-62,65-67,85,98-99H,13-15,19-23,26-43H2,1-12H3,(H2,82,103)(H,87,108)(H,88,106)(H,89,107)(H,90,105)(H,91,110)(H,92,104)(H,93,109)(H,94,111)(H4,83,84,86)/t45-,46+,47+,48+,50+,51-,53+,54+,55+,56+,57+,58+,59+,60+,61+,62+,65+,66+,67-/m1/s1. The fourth-order valence-electron chi connectivity index (χ4n) is 16.0. The molecule has 4 saturated heterocycles. The van der Waals surface area contributed by atoms with E-state index >= 15 is 33.6 Å². The third kappa shape index (κ3) is 26.9. The maximum absolute atomic E-state index is 16.0. The summed E-state index contributed by atoms with van der Waals surface area (Å²) >= 11 is 0. The maximum atomic E-state index is 16.0. The lowest BCUT2D eigenvalue weighted by Gasteiger charge is -2.38. The zero-order valence-electron chi connectivity index (χ0n) is 69.7. The summed E-state index contributed by atoms with van der Waals surface area (Å²) in [6.45, 7) is 17.2. The van der Waals surface area contributed by atoms with Crippen LogP contribution in [0.3, 0.4) is 0 Å². The van der Waals surface area contributed by atoms with Gasteiger partial charge in [0.1, 0.15) is 72.2 Å². The van der Waals surface area contributed by atoms with Gasteiger partial charge in [0, 0.05) is 73.7 Å². The number of likely N-dealkylation sites (N-methyl/N-ethyl adjacent to an activating group) is 1. The van der Waals surface area contributed by atoms with Gasteiger partial charge in [0.15, 0.2) is 17.5 Å². The predicted molar refractivity (Wildman–Crippen MR) is 440 cm³/mol. The third-order valence-corrected chi connectivity index (χ3v) is 27.0. The fraction of sp³-hybridized carbons (Fsp3) is 0.728. The topological polar surface area (TPSA) is 505 Å². The monoisotopic (exact) mass is 1660 g/mol. The molecule has 1 aromatic rings. The highest BCUT2D eigenvalue weighted by Crippen LogP contribution is 2.43. The van der Waals surface area contributed by atoms with Gasteiger partial charge in [0.05, 0.1) is 19.3 Å². The largest absolute Gasteiger partial charge is 0.394 e.